The number of nitrogens with zero attached hydrogens (tertiary/aromatic N) is 3. The van der Waals surface area contributed by atoms with Crippen LogP contribution in [0.5, 0.6) is 11.5 Å². The van der Waals surface area contributed by atoms with Gasteiger partial charge >= 0.3 is 0 Å². The van der Waals surface area contributed by atoms with Crippen molar-refractivity contribution < 1.29 is 18.7 Å². The van der Waals surface area contributed by atoms with Crippen LogP contribution in [0.2, 0.25) is 0 Å². The highest BCUT2D eigenvalue weighted by molar-refractivity contribution is 7.99. The Bertz CT molecular complexity index is 1280. The number of aromatic nitrogens is 1. The number of rotatable bonds is 7. The summed E-state index contributed by atoms with van der Waals surface area (Å²) >= 11 is 2.88. The molecular weight excluding hydrogens is 458 g/mol. The largest absolute Gasteiger partial charge is 0.493 e. The zero-order chi connectivity index (χ0) is 22.8. The normalized spacial score (nSPS) is 15.6. The van der Waals surface area contributed by atoms with Crippen LogP contribution in [0.1, 0.15) is 22.9 Å². The number of carbonyl (C=O) groups excluding carboxylic acids is 1. The second-order valence-electron chi connectivity index (χ2n) is 7.33. The summed E-state index contributed by atoms with van der Waals surface area (Å²) in [4.78, 5) is 18.8. The predicted octanol–water partition coefficient (Wildman–Crippen LogP) is 5.38. The molecule has 33 heavy (non-hydrogen) atoms. The number of ether oxygens (including phenoxy) is 2. The van der Waals surface area contributed by atoms with E-state index in [0.29, 0.717) is 28.7 Å². The summed E-state index contributed by atoms with van der Waals surface area (Å²) < 4.78 is 16.6. The average molecular weight is 480 g/mol. The third-order valence-corrected chi connectivity index (χ3v) is 7.09. The number of para-hydroxylation sites is 2. The molecule has 2 aromatic carbocycles. The Morgan fingerprint density at radius 2 is 2.00 bits per heavy atom. The number of hydrogen-bond acceptors (Lipinski definition) is 8. The van der Waals surface area contributed by atoms with Crippen LogP contribution in [0.4, 0.5) is 0 Å². The van der Waals surface area contributed by atoms with Crippen LogP contribution in [-0.2, 0) is 4.79 Å². The molecule has 4 aromatic rings. The maximum Gasteiger partial charge on any atom is 0.257 e. The molecule has 3 heterocycles. The van der Waals surface area contributed by atoms with Gasteiger partial charge in [0.05, 0.1) is 36.6 Å². The smallest absolute Gasteiger partial charge is 0.257 e. The van der Waals surface area contributed by atoms with Crippen molar-refractivity contribution in [2.45, 2.75) is 17.7 Å². The van der Waals surface area contributed by atoms with Crippen molar-refractivity contribution in [3.63, 3.8) is 0 Å². The van der Waals surface area contributed by atoms with Gasteiger partial charge in [-0.1, -0.05) is 36.0 Å². The van der Waals surface area contributed by atoms with Crippen LogP contribution in [0.25, 0.3) is 11.1 Å². The van der Waals surface area contributed by atoms with Crippen LogP contribution >= 0.6 is 23.1 Å². The summed E-state index contributed by atoms with van der Waals surface area (Å²) in [6, 6.07) is 17.0. The van der Waals surface area contributed by atoms with Gasteiger partial charge in [-0.25, -0.2) is 9.99 Å². The summed E-state index contributed by atoms with van der Waals surface area (Å²) in [6.07, 6.45) is 0.620. The van der Waals surface area contributed by atoms with E-state index in [4.69, 9.17) is 19.0 Å². The van der Waals surface area contributed by atoms with Gasteiger partial charge in [0, 0.05) is 6.42 Å². The fraction of sp³-hybridized carbons (Fsp3) is 0.208. The summed E-state index contributed by atoms with van der Waals surface area (Å²) in [7, 11) is 3.20. The maximum absolute atomic E-state index is 13.3. The lowest BCUT2D eigenvalue weighted by molar-refractivity contribution is -0.130. The molecule has 2 aromatic heterocycles. The third-order valence-electron chi connectivity index (χ3n) is 5.36. The second kappa shape index (κ2) is 9.29. The third kappa shape index (κ3) is 4.34. The highest BCUT2D eigenvalue weighted by Gasteiger charge is 2.34. The molecule has 0 radical (unpaired) electrons. The van der Waals surface area contributed by atoms with Crippen molar-refractivity contribution in [3.8, 4) is 11.5 Å². The molecule has 1 unspecified atom stereocenters. The van der Waals surface area contributed by atoms with Gasteiger partial charge in [0.1, 0.15) is 5.52 Å². The van der Waals surface area contributed by atoms with Crippen LogP contribution < -0.4 is 9.47 Å². The van der Waals surface area contributed by atoms with Crippen molar-refractivity contribution in [2.75, 3.05) is 20.0 Å². The first-order valence-electron chi connectivity index (χ1n) is 10.3. The van der Waals surface area contributed by atoms with E-state index in [9.17, 15) is 4.79 Å². The van der Waals surface area contributed by atoms with E-state index in [-0.39, 0.29) is 17.7 Å². The molecule has 0 fully saturated rings. The second-order valence-corrected chi connectivity index (χ2v) is 9.21. The molecule has 0 bridgehead atoms. The van der Waals surface area contributed by atoms with E-state index in [1.54, 1.807) is 30.6 Å². The number of methoxy groups -OCH3 is 2. The maximum atomic E-state index is 13.3. The van der Waals surface area contributed by atoms with E-state index in [1.807, 2.05) is 60.0 Å². The van der Waals surface area contributed by atoms with Crippen LogP contribution in [0.15, 0.2) is 74.7 Å². The minimum absolute atomic E-state index is 0.117. The highest BCUT2D eigenvalue weighted by atomic mass is 32.2. The number of carbonyl (C=O) groups is 1. The van der Waals surface area contributed by atoms with Crippen LogP contribution in [0, 0.1) is 0 Å². The van der Waals surface area contributed by atoms with Gasteiger partial charge in [-0.15, -0.1) is 11.3 Å². The molecule has 5 rings (SSSR count). The van der Waals surface area contributed by atoms with Crippen molar-refractivity contribution in [1.29, 1.82) is 0 Å². The number of oxazole rings is 1. The Morgan fingerprint density at radius 1 is 1.15 bits per heavy atom. The van der Waals surface area contributed by atoms with E-state index < -0.39 is 0 Å². The molecule has 0 aliphatic carbocycles. The summed E-state index contributed by atoms with van der Waals surface area (Å²) in [5.41, 5.74) is 3.30. The number of fused-ring (bicyclic) bond motifs is 1. The Morgan fingerprint density at radius 3 is 2.76 bits per heavy atom. The molecule has 0 saturated carbocycles. The molecule has 168 valence electrons. The number of thioether (sulfide) groups is 1. The Hall–Kier alpha value is -3.30. The van der Waals surface area contributed by atoms with E-state index in [0.717, 1.165) is 21.7 Å². The molecule has 1 atom stereocenters. The zero-order valence-corrected chi connectivity index (χ0v) is 19.7. The lowest BCUT2D eigenvalue weighted by atomic mass is 10.0. The van der Waals surface area contributed by atoms with Gasteiger partial charge < -0.3 is 13.9 Å². The quantitative estimate of drug-likeness (QED) is 0.331. The van der Waals surface area contributed by atoms with Gasteiger partial charge in [-0.2, -0.15) is 5.10 Å². The van der Waals surface area contributed by atoms with Gasteiger partial charge in [0.2, 0.25) is 0 Å². The van der Waals surface area contributed by atoms with E-state index >= 15 is 0 Å². The minimum atomic E-state index is -0.237. The summed E-state index contributed by atoms with van der Waals surface area (Å²) in [6.45, 7) is 0. The monoisotopic (exact) mass is 479 g/mol. The SMILES string of the molecule is COc1ccc(C2CC(c3cccs3)=NN2C(=O)CSc2nc3ccccc3o2)cc1OC. The zero-order valence-electron chi connectivity index (χ0n) is 18.1. The molecule has 0 N–H and O–H groups in total. The fourth-order valence-electron chi connectivity index (χ4n) is 3.75. The van der Waals surface area contributed by atoms with Gasteiger partial charge in [-0.3, -0.25) is 4.79 Å². The van der Waals surface area contributed by atoms with Gasteiger partial charge in [0.15, 0.2) is 17.1 Å². The van der Waals surface area contributed by atoms with Crippen molar-refractivity contribution in [1.82, 2.24) is 9.99 Å². The van der Waals surface area contributed by atoms with Crippen molar-refractivity contribution in [2.24, 2.45) is 5.10 Å². The number of benzene rings is 2. The highest BCUT2D eigenvalue weighted by Crippen LogP contribution is 2.38. The minimum Gasteiger partial charge on any atom is -0.493 e. The van der Waals surface area contributed by atoms with Crippen LogP contribution in [0.3, 0.4) is 0 Å². The molecule has 1 aliphatic rings. The number of hydrazone groups is 1. The summed E-state index contributed by atoms with van der Waals surface area (Å²) in [5.74, 6) is 1.31. The van der Waals surface area contributed by atoms with Gasteiger partial charge in [-0.05, 0) is 41.3 Å². The standard InChI is InChI=1S/C24H21N3O4S2/c1-29-20-10-9-15(12-21(20)30-2)18-13-17(22-8-5-11-32-22)26-27(18)23(28)14-33-24-25-16-6-3-4-7-19(16)31-24/h3-12,18H,13-14H2,1-2H3. The topological polar surface area (TPSA) is 77.2 Å². The van der Waals surface area contributed by atoms with Gasteiger partial charge in [0.25, 0.3) is 11.1 Å². The average Bonchev–Trinajstić information content (AvgIpc) is 3.60. The predicted molar refractivity (Wildman–Crippen MR) is 129 cm³/mol. The van der Waals surface area contributed by atoms with Crippen molar-refractivity contribution >= 4 is 45.8 Å². The fourth-order valence-corrected chi connectivity index (χ4v) is 5.17. The number of hydrogen-bond donors (Lipinski definition) is 0. The molecule has 0 saturated heterocycles. The molecule has 9 heteroatoms. The van der Waals surface area contributed by atoms with E-state index in [1.165, 1.54) is 11.8 Å². The van der Waals surface area contributed by atoms with Crippen LogP contribution in [-0.4, -0.2) is 41.6 Å². The Labute approximate surface area is 199 Å². The molecule has 1 aliphatic heterocycles. The first-order chi connectivity index (χ1) is 16.2. The number of amides is 1. The van der Waals surface area contributed by atoms with Crippen molar-refractivity contribution in [3.05, 3.63) is 70.4 Å². The molecule has 1 amide bonds. The first-order valence-corrected chi connectivity index (χ1v) is 12.2. The molecule has 7 nitrogen and oxygen atoms in total. The molecule has 0 spiro atoms. The van der Waals surface area contributed by atoms with E-state index in [2.05, 4.69) is 4.98 Å². The Kier molecular flexibility index (Phi) is 6.06. The molecular formula is C24H21N3O4S2. The summed E-state index contributed by atoms with van der Waals surface area (Å²) in [5, 5.41) is 8.77. The lowest BCUT2D eigenvalue weighted by Gasteiger charge is -2.22. The Balaban J connectivity index is 1.40. The number of thiophene rings is 1. The lowest BCUT2D eigenvalue weighted by Crippen LogP contribution is -2.28. The first kappa shape index (κ1) is 21.5.